The SMILES string of the molecule is O=C(O)N1CC[C@H](NCc2cc(F)ccc2C(F)(F)F)C1. The van der Waals surface area contributed by atoms with Gasteiger partial charge in [0.15, 0.2) is 0 Å². The van der Waals surface area contributed by atoms with Crippen molar-refractivity contribution in [3.05, 3.63) is 35.1 Å². The molecule has 1 aliphatic rings. The summed E-state index contributed by atoms with van der Waals surface area (Å²) < 4.78 is 51.6. The molecular weight excluding hydrogens is 292 g/mol. The summed E-state index contributed by atoms with van der Waals surface area (Å²) in [6.45, 7) is 0.388. The molecule has 1 aromatic rings. The van der Waals surface area contributed by atoms with Crippen LogP contribution in [-0.2, 0) is 12.7 Å². The quantitative estimate of drug-likeness (QED) is 0.844. The Hall–Kier alpha value is -1.83. The van der Waals surface area contributed by atoms with Crippen molar-refractivity contribution in [2.45, 2.75) is 25.2 Å². The molecule has 116 valence electrons. The molecule has 4 nitrogen and oxygen atoms in total. The Balaban J connectivity index is 2.03. The van der Waals surface area contributed by atoms with E-state index in [1.165, 1.54) is 4.90 Å². The maximum Gasteiger partial charge on any atom is 0.416 e. The Morgan fingerprint density at radius 2 is 2.14 bits per heavy atom. The van der Waals surface area contributed by atoms with Crippen molar-refractivity contribution in [1.82, 2.24) is 10.2 Å². The first kappa shape index (κ1) is 15.6. The van der Waals surface area contributed by atoms with E-state index in [1.807, 2.05) is 0 Å². The second-order valence-corrected chi connectivity index (χ2v) is 4.89. The summed E-state index contributed by atoms with van der Waals surface area (Å²) in [6.07, 6.45) is -5.09. The highest BCUT2D eigenvalue weighted by Gasteiger charge is 2.33. The highest BCUT2D eigenvalue weighted by molar-refractivity contribution is 5.65. The van der Waals surface area contributed by atoms with E-state index in [0.717, 1.165) is 12.1 Å². The number of carboxylic acid groups (broad SMARTS) is 1. The number of alkyl halides is 3. The number of hydrogen-bond donors (Lipinski definition) is 2. The summed E-state index contributed by atoms with van der Waals surface area (Å²) in [5.41, 5.74) is -1.07. The van der Waals surface area contributed by atoms with E-state index >= 15 is 0 Å². The van der Waals surface area contributed by atoms with Crippen LogP contribution in [0.25, 0.3) is 0 Å². The van der Waals surface area contributed by atoms with E-state index in [2.05, 4.69) is 5.32 Å². The van der Waals surface area contributed by atoms with Crippen LogP contribution in [0, 0.1) is 5.82 Å². The van der Waals surface area contributed by atoms with Gasteiger partial charge in [0.05, 0.1) is 5.56 Å². The van der Waals surface area contributed by atoms with Crippen LogP contribution in [0.2, 0.25) is 0 Å². The highest BCUT2D eigenvalue weighted by atomic mass is 19.4. The number of benzene rings is 1. The molecule has 0 unspecified atom stereocenters. The Bertz CT molecular complexity index is 533. The van der Waals surface area contributed by atoms with Crippen LogP contribution in [0.5, 0.6) is 0 Å². The fraction of sp³-hybridized carbons (Fsp3) is 0.462. The van der Waals surface area contributed by atoms with Crippen molar-refractivity contribution in [3.63, 3.8) is 0 Å². The first-order valence-electron chi connectivity index (χ1n) is 6.34. The lowest BCUT2D eigenvalue weighted by atomic mass is 10.1. The molecule has 0 radical (unpaired) electrons. The van der Waals surface area contributed by atoms with E-state index in [9.17, 15) is 22.4 Å². The molecule has 1 amide bonds. The third-order valence-corrected chi connectivity index (χ3v) is 3.41. The molecule has 2 N–H and O–H groups in total. The number of hydrogen-bond acceptors (Lipinski definition) is 2. The average Bonchev–Trinajstić information content (AvgIpc) is 2.83. The lowest BCUT2D eigenvalue weighted by Crippen LogP contribution is -2.34. The zero-order valence-electron chi connectivity index (χ0n) is 11.0. The van der Waals surface area contributed by atoms with Gasteiger partial charge in [0.2, 0.25) is 0 Å². The molecule has 0 aliphatic carbocycles. The number of halogens is 4. The van der Waals surface area contributed by atoms with Crippen LogP contribution in [0.1, 0.15) is 17.5 Å². The van der Waals surface area contributed by atoms with Crippen molar-refractivity contribution >= 4 is 6.09 Å². The molecule has 8 heteroatoms. The van der Waals surface area contributed by atoms with Crippen molar-refractivity contribution < 1.29 is 27.5 Å². The fourth-order valence-electron chi connectivity index (χ4n) is 2.34. The number of likely N-dealkylation sites (tertiary alicyclic amines) is 1. The molecule has 0 saturated carbocycles. The van der Waals surface area contributed by atoms with Gasteiger partial charge in [-0.05, 0) is 30.2 Å². The van der Waals surface area contributed by atoms with Crippen LogP contribution in [0.4, 0.5) is 22.4 Å². The zero-order chi connectivity index (χ0) is 15.6. The Morgan fingerprint density at radius 3 is 2.71 bits per heavy atom. The molecule has 1 fully saturated rings. The highest BCUT2D eigenvalue weighted by Crippen LogP contribution is 2.32. The maximum atomic E-state index is 13.1. The summed E-state index contributed by atoms with van der Waals surface area (Å²) in [5, 5.41) is 11.7. The van der Waals surface area contributed by atoms with Crippen LogP contribution in [0.3, 0.4) is 0 Å². The zero-order valence-corrected chi connectivity index (χ0v) is 11.0. The molecule has 2 rings (SSSR count). The summed E-state index contributed by atoms with van der Waals surface area (Å²) >= 11 is 0. The second-order valence-electron chi connectivity index (χ2n) is 4.89. The van der Waals surface area contributed by atoms with Gasteiger partial charge in [-0.1, -0.05) is 0 Å². The molecule has 21 heavy (non-hydrogen) atoms. The van der Waals surface area contributed by atoms with Gasteiger partial charge in [-0.2, -0.15) is 13.2 Å². The molecular formula is C13H14F4N2O2. The van der Waals surface area contributed by atoms with Gasteiger partial charge < -0.3 is 15.3 Å². The average molecular weight is 306 g/mol. The smallest absolute Gasteiger partial charge is 0.416 e. The van der Waals surface area contributed by atoms with Crippen LogP contribution < -0.4 is 5.32 Å². The number of rotatable bonds is 3. The largest absolute Gasteiger partial charge is 0.465 e. The summed E-state index contributed by atoms with van der Waals surface area (Å²) in [5.74, 6) is -0.738. The molecule has 1 aromatic carbocycles. The third kappa shape index (κ3) is 3.84. The summed E-state index contributed by atoms with van der Waals surface area (Å²) in [4.78, 5) is 11.9. The monoisotopic (exact) mass is 306 g/mol. The fourth-order valence-corrected chi connectivity index (χ4v) is 2.34. The lowest BCUT2D eigenvalue weighted by molar-refractivity contribution is -0.138. The van der Waals surface area contributed by atoms with E-state index < -0.39 is 23.7 Å². The molecule has 0 spiro atoms. The minimum atomic E-state index is -4.55. The summed E-state index contributed by atoms with van der Waals surface area (Å²) in [7, 11) is 0. The van der Waals surface area contributed by atoms with Gasteiger partial charge >= 0.3 is 12.3 Å². The minimum absolute atomic E-state index is 0.162. The molecule has 0 bridgehead atoms. The van der Waals surface area contributed by atoms with Gasteiger partial charge in [0, 0.05) is 25.7 Å². The molecule has 1 atom stereocenters. The van der Waals surface area contributed by atoms with Crippen LogP contribution in [0.15, 0.2) is 18.2 Å². The van der Waals surface area contributed by atoms with E-state index in [4.69, 9.17) is 5.11 Å². The lowest BCUT2D eigenvalue weighted by Gasteiger charge is -2.17. The predicted octanol–water partition coefficient (Wildman–Crippen LogP) is 2.69. The first-order valence-corrected chi connectivity index (χ1v) is 6.34. The van der Waals surface area contributed by atoms with Gasteiger partial charge in [-0.25, -0.2) is 9.18 Å². The Labute approximate surface area is 118 Å². The first-order chi connectivity index (χ1) is 9.77. The Morgan fingerprint density at radius 1 is 1.43 bits per heavy atom. The van der Waals surface area contributed by atoms with E-state index in [1.54, 1.807) is 0 Å². The maximum absolute atomic E-state index is 13.1. The van der Waals surface area contributed by atoms with E-state index in [0.29, 0.717) is 19.0 Å². The second kappa shape index (κ2) is 5.88. The summed E-state index contributed by atoms with van der Waals surface area (Å²) in [6, 6.07) is 2.10. The topological polar surface area (TPSA) is 52.6 Å². The standard InChI is InChI=1S/C13H14F4N2O2/c14-9-1-2-11(13(15,16)17)8(5-9)6-18-10-3-4-19(7-10)12(20)21/h1-2,5,10,18H,3-4,6-7H2,(H,20,21)/t10-/m0/s1. The molecule has 0 aromatic heterocycles. The molecule has 1 heterocycles. The molecule has 1 aliphatic heterocycles. The van der Waals surface area contributed by atoms with Crippen LogP contribution in [-0.4, -0.2) is 35.2 Å². The van der Waals surface area contributed by atoms with Crippen molar-refractivity contribution in [3.8, 4) is 0 Å². The van der Waals surface area contributed by atoms with Gasteiger partial charge in [-0.3, -0.25) is 0 Å². The van der Waals surface area contributed by atoms with Gasteiger partial charge in [0.1, 0.15) is 5.82 Å². The van der Waals surface area contributed by atoms with Crippen LogP contribution >= 0.6 is 0 Å². The third-order valence-electron chi connectivity index (χ3n) is 3.41. The minimum Gasteiger partial charge on any atom is -0.465 e. The van der Waals surface area contributed by atoms with Crippen molar-refractivity contribution in [1.29, 1.82) is 0 Å². The number of amides is 1. The number of nitrogens with one attached hydrogen (secondary N) is 1. The molecule has 1 saturated heterocycles. The van der Waals surface area contributed by atoms with Crippen molar-refractivity contribution in [2.75, 3.05) is 13.1 Å². The predicted molar refractivity (Wildman–Crippen MR) is 66.2 cm³/mol. The number of carbonyl (C=O) groups is 1. The Kier molecular flexibility index (Phi) is 4.36. The van der Waals surface area contributed by atoms with Crippen molar-refractivity contribution in [2.24, 2.45) is 0 Å². The normalized spacial score (nSPS) is 19.0. The number of nitrogens with zero attached hydrogens (tertiary/aromatic N) is 1. The van der Waals surface area contributed by atoms with E-state index in [-0.39, 0.29) is 24.7 Å². The van der Waals surface area contributed by atoms with Gasteiger partial charge in [0.25, 0.3) is 0 Å². The van der Waals surface area contributed by atoms with Gasteiger partial charge in [-0.15, -0.1) is 0 Å².